The Morgan fingerprint density at radius 3 is 2.30 bits per heavy atom. The number of nitrogens with one attached hydrogen (secondary N) is 1. The van der Waals surface area contributed by atoms with Crippen LogP contribution in [0.2, 0.25) is 0 Å². The summed E-state index contributed by atoms with van der Waals surface area (Å²) < 4.78 is 45.2. The molecule has 0 bridgehead atoms. The van der Waals surface area contributed by atoms with E-state index in [-0.39, 0.29) is 50.8 Å². The number of amides is 3. The van der Waals surface area contributed by atoms with E-state index in [1.165, 1.54) is 9.80 Å². The molecule has 2 aromatic carbocycles. The Hall–Kier alpha value is -3.77. The number of aliphatic hydroxyl groups excluding tert-OH is 1. The number of carbonyl (C=O) groups is 3. The van der Waals surface area contributed by atoms with Crippen LogP contribution in [0.25, 0.3) is 0 Å². The summed E-state index contributed by atoms with van der Waals surface area (Å²) in [5.41, 5.74) is 0.263. The van der Waals surface area contributed by atoms with Gasteiger partial charge in [-0.2, -0.15) is 0 Å². The molecule has 46 heavy (non-hydrogen) atoms. The number of hydrogen-bond acceptors (Lipinski definition) is 7. The van der Waals surface area contributed by atoms with E-state index in [4.69, 9.17) is 14.2 Å². The molecule has 2 saturated heterocycles. The van der Waals surface area contributed by atoms with E-state index in [1.54, 1.807) is 20.8 Å². The Labute approximate surface area is 269 Å². The van der Waals surface area contributed by atoms with Crippen molar-refractivity contribution in [3.05, 3.63) is 71.3 Å². The lowest BCUT2D eigenvalue weighted by Crippen LogP contribution is -2.60. The maximum absolute atomic E-state index is 14.1. The first-order chi connectivity index (χ1) is 21.8. The highest BCUT2D eigenvalue weighted by atomic mass is 19.1. The number of ether oxygens (including phenoxy) is 3. The fourth-order valence-electron chi connectivity index (χ4n) is 5.61. The number of halogens is 2. The number of hydrogen-bond donors (Lipinski definition) is 2. The first kappa shape index (κ1) is 35.1. The average molecular weight is 646 g/mol. The van der Waals surface area contributed by atoms with Crippen molar-refractivity contribution >= 4 is 18.1 Å². The minimum Gasteiger partial charge on any atom is -0.445 e. The molecule has 10 nitrogen and oxygen atoms in total. The van der Waals surface area contributed by atoms with Gasteiger partial charge in [0.05, 0.1) is 36.8 Å². The highest BCUT2D eigenvalue weighted by molar-refractivity contribution is 5.83. The van der Waals surface area contributed by atoms with Gasteiger partial charge in [0.25, 0.3) is 0 Å². The Bertz CT molecular complexity index is 1310. The SMILES string of the molecule is CCCCO[C@@H]1C[C@H]([C@@H](O)[C@H](Cc2cc(F)cc(F)c2)NC(=O)C2CN(C(=O)OCc3ccccc3)C2)N(C(=O)OC(C)(C)C)C1. The van der Waals surface area contributed by atoms with Gasteiger partial charge in [0.15, 0.2) is 0 Å². The lowest BCUT2D eigenvalue weighted by Gasteiger charge is -2.39. The third-order valence-corrected chi connectivity index (χ3v) is 8.01. The second-order valence-electron chi connectivity index (χ2n) is 13.0. The minimum absolute atomic E-state index is 0.101. The molecule has 2 aliphatic heterocycles. The molecule has 12 heteroatoms. The number of aliphatic hydroxyl groups is 1. The van der Waals surface area contributed by atoms with Crippen molar-refractivity contribution < 1.29 is 42.5 Å². The molecule has 4 atom stereocenters. The van der Waals surface area contributed by atoms with Crippen LogP contribution in [0.3, 0.4) is 0 Å². The van der Waals surface area contributed by atoms with Gasteiger partial charge in [-0.05, 0) is 63.3 Å². The minimum atomic E-state index is -1.34. The first-order valence-corrected chi connectivity index (χ1v) is 15.8. The monoisotopic (exact) mass is 645 g/mol. The first-order valence-electron chi connectivity index (χ1n) is 15.8. The predicted octanol–water partition coefficient (Wildman–Crippen LogP) is 4.82. The lowest BCUT2D eigenvalue weighted by molar-refractivity contribution is -0.131. The molecule has 2 aromatic rings. The molecular formula is C34H45F2N3O7. The van der Waals surface area contributed by atoms with Gasteiger partial charge in [0.1, 0.15) is 23.8 Å². The summed E-state index contributed by atoms with van der Waals surface area (Å²) in [4.78, 5) is 42.0. The maximum Gasteiger partial charge on any atom is 0.410 e. The highest BCUT2D eigenvalue weighted by Crippen LogP contribution is 2.29. The van der Waals surface area contributed by atoms with E-state index in [1.807, 2.05) is 37.3 Å². The van der Waals surface area contributed by atoms with E-state index in [0.717, 1.165) is 36.6 Å². The van der Waals surface area contributed by atoms with Crippen molar-refractivity contribution in [3.8, 4) is 0 Å². The van der Waals surface area contributed by atoms with Crippen molar-refractivity contribution in [2.75, 3.05) is 26.2 Å². The van der Waals surface area contributed by atoms with Crippen LogP contribution in [0.5, 0.6) is 0 Å². The summed E-state index contributed by atoms with van der Waals surface area (Å²) in [5, 5.41) is 14.6. The van der Waals surface area contributed by atoms with Crippen molar-refractivity contribution in [1.82, 2.24) is 15.1 Å². The predicted molar refractivity (Wildman–Crippen MR) is 166 cm³/mol. The zero-order valence-corrected chi connectivity index (χ0v) is 26.9. The smallest absolute Gasteiger partial charge is 0.410 e. The summed E-state index contributed by atoms with van der Waals surface area (Å²) in [6.45, 7) is 8.24. The van der Waals surface area contributed by atoms with Gasteiger partial charge in [-0.25, -0.2) is 18.4 Å². The Kier molecular flexibility index (Phi) is 12.0. The number of carbonyl (C=O) groups excluding carboxylic acids is 3. The van der Waals surface area contributed by atoms with E-state index in [2.05, 4.69) is 5.32 Å². The van der Waals surface area contributed by atoms with E-state index < -0.39 is 59.4 Å². The van der Waals surface area contributed by atoms with Crippen LogP contribution in [-0.4, -0.2) is 89.1 Å². The summed E-state index contributed by atoms with van der Waals surface area (Å²) in [6, 6.07) is 10.4. The average Bonchev–Trinajstić information content (AvgIpc) is 3.38. The molecule has 0 unspecified atom stereocenters. The van der Waals surface area contributed by atoms with Crippen molar-refractivity contribution in [3.63, 3.8) is 0 Å². The lowest BCUT2D eigenvalue weighted by atomic mass is 9.92. The molecule has 3 amide bonds. The van der Waals surface area contributed by atoms with Crippen molar-refractivity contribution in [2.24, 2.45) is 5.92 Å². The van der Waals surface area contributed by atoms with Crippen LogP contribution in [0.1, 0.15) is 58.1 Å². The van der Waals surface area contributed by atoms with Crippen LogP contribution < -0.4 is 5.32 Å². The molecule has 2 fully saturated rings. The zero-order valence-electron chi connectivity index (χ0n) is 26.9. The zero-order chi connectivity index (χ0) is 33.4. The molecule has 0 aliphatic carbocycles. The Morgan fingerprint density at radius 2 is 1.67 bits per heavy atom. The van der Waals surface area contributed by atoms with E-state index in [0.29, 0.717) is 6.61 Å². The fraction of sp³-hybridized carbons (Fsp3) is 0.559. The third-order valence-electron chi connectivity index (χ3n) is 8.01. The summed E-state index contributed by atoms with van der Waals surface area (Å²) in [6.07, 6.45) is -0.973. The maximum atomic E-state index is 14.1. The van der Waals surface area contributed by atoms with Gasteiger partial charge in [0, 0.05) is 25.8 Å². The molecule has 2 N–H and O–H groups in total. The van der Waals surface area contributed by atoms with E-state index in [9.17, 15) is 28.3 Å². The second kappa shape index (κ2) is 15.7. The number of benzene rings is 2. The fourth-order valence-corrected chi connectivity index (χ4v) is 5.61. The van der Waals surface area contributed by atoms with Gasteiger partial charge in [-0.1, -0.05) is 43.7 Å². The summed E-state index contributed by atoms with van der Waals surface area (Å²) >= 11 is 0. The standard InChI is InChI=1S/C34H45F2N3O7/c1-5-6-12-44-27-17-29(39(20-27)33(43)46-34(2,3)4)30(40)28(15-23-13-25(35)16-26(36)14-23)37-31(41)24-18-38(19-24)32(42)45-21-22-10-8-7-9-11-22/h7-11,13-14,16,24,27-30,40H,5-6,12,15,17-21H2,1-4H3,(H,37,41)/t27-,28+,29-,30+/m1/s1. The quantitative estimate of drug-likeness (QED) is 0.318. The molecular weight excluding hydrogens is 600 g/mol. The van der Waals surface area contributed by atoms with Crippen molar-refractivity contribution in [1.29, 1.82) is 0 Å². The van der Waals surface area contributed by atoms with Crippen LogP contribution in [-0.2, 0) is 32.0 Å². The Morgan fingerprint density at radius 1 is 1.00 bits per heavy atom. The normalized spacial score (nSPS) is 19.7. The van der Waals surface area contributed by atoms with Crippen LogP contribution in [0.4, 0.5) is 18.4 Å². The number of rotatable bonds is 12. The highest BCUT2D eigenvalue weighted by Gasteiger charge is 2.45. The van der Waals surface area contributed by atoms with Crippen LogP contribution in [0.15, 0.2) is 48.5 Å². The number of nitrogens with zero attached hydrogens (tertiary/aromatic N) is 2. The molecule has 2 heterocycles. The Balaban J connectivity index is 1.47. The molecule has 0 aromatic heterocycles. The van der Waals surface area contributed by atoms with Crippen LogP contribution >= 0.6 is 0 Å². The summed E-state index contributed by atoms with van der Waals surface area (Å²) in [5.74, 6) is -2.61. The van der Waals surface area contributed by atoms with E-state index >= 15 is 0 Å². The van der Waals surface area contributed by atoms with Gasteiger partial charge in [0.2, 0.25) is 5.91 Å². The molecule has 2 aliphatic rings. The number of likely N-dealkylation sites (tertiary alicyclic amines) is 2. The van der Waals surface area contributed by atoms with Crippen LogP contribution in [0, 0.1) is 17.6 Å². The molecule has 0 saturated carbocycles. The summed E-state index contributed by atoms with van der Waals surface area (Å²) in [7, 11) is 0. The number of unbranched alkanes of at least 4 members (excludes halogenated alkanes) is 1. The topological polar surface area (TPSA) is 118 Å². The van der Waals surface area contributed by atoms with Gasteiger partial charge in [-0.3, -0.25) is 9.69 Å². The molecule has 252 valence electrons. The van der Waals surface area contributed by atoms with Gasteiger partial charge in [-0.15, -0.1) is 0 Å². The largest absolute Gasteiger partial charge is 0.445 e. The molecule has 0 radical (unpaired) electrons. The third kappa shape index (κ3) is 9.86. The molecule has 4 rings (SSSR count). The van der Waals surface area contributed by atoms with Crippen molar-refractivity contribution in [2.45, 2.75) is 89.9 Å². The molecule has 0 spiro atoms. The van der Waals surface area contributed by atoms with Gasteiger partial charge >= 0.3 is 12.2 Å². The van der Waals surface area contributed by atoms with Gasteiger partial charge < -0.3 is 29.5 Å². The second-order valence-corrected chi connectivity index (χ2v) is 13.0.